The molecule has 106 valence electrons. The minimum Gasteiger partial charge on any atom is -0.360 e. The summed E-state index contributed by atoms with van der Waals surface area (Å²) in [6.45, 7) is 5.79. The summed E-state index contributed by atoms with van der Waals surface area (Å²) in [6, 6.07) is -0.0515. The first kappa shape index (κ1) is 14.9. The molecule has 2 heterocycles. The van der Waals surface area contributed by atoms with Crippen LogP contribution < -0.4 is 5.32 Å². The fourth-order valence-electron chi connectivity index (χ4n) is 1.71. The first-order valence-corrected chi connectivity index (χ1v) is 7.45. The topological polar surface area (TPSA) is 67.8 Å². The number of thiazole rings is 1. The van der Waals surface area contributed by atoms with Crippen molar-refractivity contribution in [3.05, 3.63) is 32.6 Å². The number of anilines is 1. The number of rotatable bonds is 5. The Morgan fingerprint density at radius 2 is 2.25 bits per heavy atom. The molecule has 0 saturated carbocycles. The van der Waals surface area contributed by atoms with E-state index in [1.165, 1.54) is 4.88 Å². The van der Waals surface area contributed by atoms with Crippen molar-refractivity contribution in [3.8, 4) is 0 Å². The molecule has 2 rings (SSSR count). The monoisotopic (exact) mass is 310 g/mol. The van der Waals surface area contributed by atoms with Crippen molar-refractivity contribution in [1.82, 2.24) is 15.0 Å². The number of hydrogen-bond acceptors (Lipinski definition) is 6. The van der Waals surface area contributed by atoms with Gasteiger partial charge in [-0.15, -0.1) is 11.3 Å². The van der Waals surface area contributed by atoms with Gasteiger partial charge in [0.2, 0.25) is 0 Å². The van der Waals surface area contributed by atoms with E-state index in [0.717, 1.165) is 11.4 Å². The van der Waals surface area contributed by atoms with Crippen molar-refractivity contribution >= 4 is 35.0 Å². The van der Waals surface area contributed by atoms with E-state index >= 15 is 0 Å². The summed E-state index contributed by atoms with van der Waals surface area (Å²) >= 11 is 7.60. The molecule has 1 N–H and O–H groups in total. The van der Waals surface area contributed by atoms with Crippen molar-refractivity contribution in [1.29, 1.82) is 0 Å². The number of nitrogens with one attached hydrogen (secondary N) is 1. The van der Waals surface area contributed by atoms with Gasteiger partial charge in [-0.25, -0.2) is 15.0 Å². The second kappa shape index (κ2) is 6.28. The van der Waals surface area contributed by atoms with E-state index in [2.05, 4.69) is 27.2 Å². The summed E-state index contributed by atoms with van der Waals surface area (Å²) in [6.07, 6.45) is 3.50. The Hall–Kier alpha value is -1.53. The maximum atomic E-state index is 11.1. The predicted molar refractivity (Wildman–Crippen MR) is 80.7 cm³/mol. The molecule has 0 aromatic carbocycles. The van der Waals surface area contributed by atoms with Crippen LogP contribution in [0.25, 0.3) is 0 Å². The molecule has 20 heavy (non-hydrogen) atoms. The lowest BCUT2D eigenvalue weighted by atomic mass is 10.3. The Labute approximate surface area is 126 Å². The van der Waals surface area contributed by atoms with E-state index in [0.29, 0.717) is 17.9 Å². The highest BCUT2D eigenvalue weighted by Crippen LogP contribution is 2.26. The van der Waals surface area contributed by atoms with Gasteiger partial charge in [-0.2, -0.15) is 0 Å². The highest BCUT2D eigenvalue weighted by atomic mass is 35.5. The average molecular weight is 311 g/mol. The highest BCUT2D eigenvalue weighted by molar-refractivity contribution is 7.11. The molecule has 0 aliphatic rings. The molecule has 0 radical (unpaired) electrons. The molecular formula is C13H15ClN4OS. The Bertz CT molecular complexity index is 629. The maximum absolute atomic E-state index is 11.1. The van der Waals surface area contributed by atoms with E-state index in [4.69, 9.17) is 11.6 Å². The van der Waals surface area contributed by atoms with Gasteiger partial charge in [-0.3, -0.25) is 4.79 Å². The second-order valence-electron chi connectivity index (χ2n) is 4.33. The number of carbonyl (C=O) groups is 1. The highest BCUT2D eigenvalue weighted by Gasteiger charge is 2.16. The van der Waals surface area contributed by atoms with Gasteiger partial charge >= 0.3 is 0 Å². The van der Waals surface area contributed by atoms with Gasteiger partial charge in [0.05, 0.1) is 11.6 Å². The van der Waals surface area contributed by atoms with Crippen LogP contribution in [0.2, 0.25) is 5.15 Å². The Morgan fingerprint density at radius 1 is 1.50 bits per heavy atom. The van der Waals surface area contributed by atoms with Crippen molar-refractivity contribution in [3.63, 3.8) is 0 Å². The van der Waals surface area contributed by atoms with Crippen LogP contribution in [-0.4, -0.2) is 21.2 Å². The van der Waals surface area contributed by atoms with Crippen LogP contribution in [0, 0.1) is 6.92 Å². The normalized spacial score (nSPS) is 12.2. The number of aromatic nitrogens is 3. The first-order chi connectivity index (χ1) is 9.55. The third kappa shape index (κ3) is 3.13. The molecule has 0 bridgehead atoms. The molecule has 0 fully saturated rings. The molecule has 7 heteroatoms. The van der Waals surface area contributed by atoms with Crippen LogP contribution in [0.15, 0.2) is 6.20 Å². The molecule has 2 aromatic heterocycles. The third-order valence-electron chi connectivity index (χ3n) is 2.77. The Kier molecular flexibility index (Phi) is 4.67. The van der Waals surface area contributed by atoms with Gasteiger partial charge in [0, 0.05) is 11.1 Å². The zero-order chi connectivity index (χ0) is 14.7. The molecule has 2 aromatic rings. The van der Waals surface area contributed by atoms with Crippen molar-refractivity contribution in [2.45, 2.75) is 33.2 Å². The summed E-state index contributed by atoms with van der Waals surface area (Å²) < 4.78 is 0. The molecule has 0 amide bonds. The number of nitrogens with zero attached hydrogens (tertiary/aromatic N) is 3. The maximum Gasteiger partial charge on any atom is 0.156 e. The van der Waals surface area contributed by atoms with Crippen molar-refractivity contribution in [2.24, 2.45) is 0 Å². The summed E-state index contributed by atoms with van der Waals surface area (Å²) in [4.78, 5) is 24.9. The predicted octanol–water partition coefficient (Wildman–Crippen LogP) is 3.44. The largest absolute Gasteiger partial charge is 0.360 e. The number of aryl methyl sites for hydroxylation is 2. The van der Waals surface area contributed by atoms with E-state index < -0.39 is 0 Å². The van der Waals surface area contributed by atoms with Crippen LogP contribution in [0.5, 0.6) is 0 Å². The molecule has 0 aliphatic carbocycles. The summed E-state index contributed by atoms with van der Waals surface area (Å²) in [5.41, 5.74) is 0.274. The smallest absolute Gasteiger partial charge is 0.156 e. The molecule has 1 unspecified atom stereocenters. The van der Waals surface area contributed by atoms with Crippen LogP contribution in [0.3, 0.4) is 0 Å². The molecule has 5 nitrogen and oxygen atoms in total. The number of aldehydes is 1. The lowest BCUT2D eigenvalue weighted by Crippen LogP contribution is -2.11. The molecule has 0 spiro atoms. The van der Waals surface area contributed by atoms with Gasteiger partial charge in [0.15, 0.2) is 6.29 Å². The van der Waals surface area contributed by atoms with Gasteiger partial charge in [-0.1, -0.05) is 18.5 Å². The zero-order valence-corrected chi connectivity index (χ0v) is 13.0. The molecule has 0 aliphatic heterocycles. The summed E-state index contributed by atoms with van der Waals surface area (Å²) in [7, 11) is 0. The second-order valence-corrected chi connectivity index (χ2v) is 5.83. The first-order valence-electron chi connectivity index (χ1n) is 6.25. The summed E-state index contributed by atoms with van der Waals surface area (Å²) in [5.74, 6) is 0.960. The lowest BCUT2D eigenvalue weighted by molar-refractivity contribution is 0.112. The van der Waals surface area contributed by atoms with Crippen LogP contribution in [-0.2, 0) is 6.42 Å². The SMILES string of the molecule is CCc1cnc(C(C)Nc2nc(C)nc(Cl)c2C=O)s1. The van der Waals surface area contributed by atoms with E-state index in [1.54, 1.807) is 18.3 Å². The Balaban J connectivity index is 2.27. The van der Waals surface area contributed by atoms with E-state index in [9.17, 15) is 4.79 Å². The molecular weight excluding hydrogens is 296 g/mol. The number of carbonyl (C=O) groups excluding carboxylic acids is 1. The molecule has 0 saturated heterocycles. The quantitative estimate of drug-likeness (QED) is 0.677. The summed E-state index contributed by atoms with van der Waals surface area (Å²) in [5, 5.41) is 4.29. The van der Waals surface area contributed by atoms with Crippen molar-refractivity contribution in [2.75, 3.05) is 5.32 Å². The minimum atomic E-state index is -0.0515. The average Bonchev–Trinajstić information content (AvgIpc) is 2.87. The van der Waals surface area contributed by atoms with Crippen LogP contribution in [0.4, 0.5) is 5.82 Å². The minimum absolute atomic E-state index is 0.0515. The third-order valence-corrected chi connectivity index (χ3v) is 4.38. The fraction of sp³-hybridized carbons (Fsp3) is 0.385. The Morgan fingerprint density at radius 3 is 2.85 bits per heavy atom. The number of hydrogen-bond donors (Lipinski definition) is 1. The van der Waals surface area contributed by atoms with Crippen LogP contribution in [0.1, 0.15) is 46.0 Å². The van der Waals surface area contributed by atoms with Crippen LogP contribution >= 0.6 is 22.9 Å². The lowest BCUT2D eigenvalue weighted by Gasteiger charge is -2.14. The van der Waals surface area contributed by atoms with Crippen molar-refractivity contribution < 1.29 is 4.79 Å². The van der Waals surface area contributed by atoms with Gasteiger partial charge in [0.25, 0.3) is 0 Å². The number of halogens is 1. The fourth-order valence-corrected chi connectivity index (χ4v) is 2.83. The van der Waals surface area contributed by atoms with E-state index in [-0.39, 0.29) is 16.8 Å². The molecule has 1 atom stereocenters. The van der Waals surface area contributed by atoms with Gasteiger partial charge in [0.1, 0.15) is 21.8 Å². The standard InChI is InChI=1S/C13H15ClN4OS/c1-4-9-5-15-13(20-9)7(2)16-12-10(6-19)11(14)17-8(3)18-12/h5-7H,4H2,1-3H3,(H,16,17,18). The zero-order valence-electron chi connectivity index (χ0n) is 11.5. The van der Waals surface area contributed by atoms with Gasteiger partial charge in [-0.05, 0) is 20.3 Å². The van der Waals surface area contributed by atoms with E-state index in [1.807, 2.05) is 13.1 Å². The van der Waals surface area contributed by atoms with Gasteiger partial charge < -0.3 is 5.32 Å².